The van der Waals surface area contributed by atoms with Crippen LogP contribution in [0.4, 0.5) is 0 Å². The summed E-state index contributed by atoms with van der Waals surface area (Å²) in [7, 11) is -2.52. The average Bonchev–Trinajstić information content (AvgIpc) is 2.91. The molecule has 1 aromatic heterocycles. The van der Waals surface area contributed by atoms with Gasteiger partial charge in [-0.25, -0.2) is 8.42 Å². The molecule has 2 atom stereocenters. The fourth-order valence-electron chi connectivity index (χ4n) is 4.92. The van der Waals surface area contributed by atoms with Crippen molar-refractivity contribution in [2.24, 2.45) is 7.05 Å². The number of carbonyl (C=O) groups excluding carboxylic acids is 1. The molecule has 12 nitrogen and oxygen atoms in total. The van der Waals surface area contributed by atoms with Gasteiger partial charge in [0, 0.05) is 38.3 Å². The highest BCUT2D eigenvalue weighted by atomic mass is 32.2. The van der Waals surface area contributed by atoms with Gasteiger partial charge in [0.15, 0.2) is 0 Å². The number of rotatable bonds is 10. The highest BCUT2D eigenvalue weighted by Crippen LogP contribution is 2.22. The van der Waals surface area contributed by atoms with E-state index in [4.69, 9.17) is 0 Å². The predicted octanol–water partition coefficient (Wildman–Crippen LogP) is 0.705. The first-order chi connectivity index (χ1) is 19.4. The molecule has 0 spiro atoms. The van der Waals surface area contributed by atoms with E-state index in [9.17, 15) is 27.9 Å². The van der Waals surface area contributed by atoms with Crippen molar-refractivity contribution in [3.8, 4) is 0 Å². The van der Waals surface area contributed by atoms with Crippen molar-refractivity contribution >= 4 is 32.8 Å². The molecule has 4 rings (SSSR count). The van der Waals surface area contributed by atoms with E-state index in [0.717, 1.165) is 17.7 Å². The maximum atomic E-state index is 13.2. The minimum absolute atomic E-state index is 0.0123. The van der Waals surface area contributed by atoms with Gasteiger partial charge in [0.2, 0.25) is 15.5 Å². The minimum Gasteiger partial charge on any atom is -0.480 e. The minimum atomic E-state index is -4.22. The lowest BCUT2D eigenvalue weighted by Crippen LogP contribution is -2.52. The number of carbonyl (C=O) groups is 2. The molecular formula is C28H34N6O6S. The predicted molar refractivity (Wildman–Crippen MR) is 155 cm³/mol. The third-order valence-corrected chi connectivity index (χ3v) is 8.54. The van der Waals surface area contributed by atoms with Gasteiger partial charge in [-0.1, -0.05) is 29.8 Å². The Kier molecular flexibility index (Phi) is 8.92. The summed E-state index contributed by atoms with van der Waals surface area (Å²) in [4.78, 5) is 38.1. The number of carboxylic acids is 1. The maximum absolute atomic E-state index is 13.2. The third kappa shape index (κ3) is 6.82. The van der Waals surface area contributed by atoms with E-state index in [1.807, 2.05) is 25.3 Å². The Morgan fingerprint density at radius 3 is 2.49 bits per heavy atom. The summed E-state index contributed by atoms with van der Waals surface area (Å²) < 4.78 is 30.0. The molecular weight excluding hydrogens is 548 g/mol. The van der Waals surface area contributed by atoms with Gasteiger partial charge in [0.05, 0.1) is 10.4 Å². The highest BCUT2D eigenvalue weighted by molar-refractivity contribution is 7.89. The zero-order chi connectivity index (χ0) is 29.9. The average molecular weight is 583 g/mol. The molecule has 3 aromatic rings. The smallest absolute Gasteiger partial charge is 0.323 e. The van der Waals surface area contributed by atoms with Gasteiger partial charge >= 0.3 is 5.97 Å². The van der Waals surface area contributed by atoms with Crippen LogP contribution in [0.2, 0.25) is 0 Å². The first-order valence-corrected chi connectivity index (χ1v) is 14.5. The van der Waals surface area contributed by atoms with E-state index in [2.05, 4.69) is 26.0 Å². The Morgan fingerprint density at radius 1 is 1.15 bits per heavy atom. The molecule has 2 heterocycles. The van der Waals surface area contributed by atoms with Crippen molar-refractivity contribution in [2.75, 3.05) is 13.1 Å². The number of pyridine rings is 1. The van der Waals surface area contributed by atoms with E-state index in [-0.39, 0.29) is 16.7 Å². The standard InChI is InChI=1S/C28H34N6O6S/c1-16-10-17(2)25(18(3)11-16)41(39,40)33-22(27(37)38)14-31-26(36)21-15-34(4)23-12-19(6-7-20(23)24(21)35)13-32-28-29-8-5-9-30-28/h5-8,10-12,15,22,28-30,32-33H,9,13-14H2,1-4H3,(H,31,36)(H,37,38). The van der Waals surface area contributed by atoms with Gasteiger partial charge in [0.25, 0.3) is 5.91 Å². The summed E-state index contributed by atoms with van der Waals surface area (Å²) in [6, 6.07) is 7.02. The summed E-state index contributed by atoms with van der Waals surface area (Å²) >= 11 is 0. The number of nitrogens with one attached hydrogen (secondary N) is 5. The second kappa shape index (κ2) is 12.2. The third-order valence-electron chi connectivity index (χ3n) is 6.77. The Bertz CT molecular complexity index is 1680. The molecule has 13 heteroatoms. The molecule has 41 heavy (non-hydrogen) atoms. The number of hydrogen-bond acceptors (Lipinski definition) is 8. The second-order valence-corrected chi connectivity index (χ2v) is 11.7. The van der Waals surface area contributed by atoms with Crippen LogP contribution in [-0.4, -0.2) is 55.4 Å². The summed E-state index contributed by atoms with van der Waals surface area (Å²) in [5.74, 6) is -2.28. The number of aliphatic carboxylic acids is 1. The lowest BCUT2D eigenvalue weighted by atomic mass is 10.1. The van der Waals surface area contributed by atoms with Crippen LogP contribution in [0.1, 0.15) is 32.6 Å². The van der Waals surface area contributed by atoms with Crippen LogP contribution in [0.25, 0.3) is 10.9 Å². The van der Waals surface area contributed by atoms with Gasteiger partial charge in [-0.15, -0.1) is 0 Å². The molecule has 0 bridgehead atoms. The Hall–Kier alpha value is -4.04. The summed E-state index contributed by atoms with van der Waals surface area (Å²) in [5.41, 5.74) is 2.66. The molecule has 1 aliphatic rings. The van der Waals surface area contributed by atoms with Gasteiger partial charge in [-0.2, -0.15) is 4.72 Å². The molecule has 0 saturated heterocycles. The number of nitrogens with zero attached hydrogens (tertiary/aromatic N) is 1. The number of carboxylic acid groups (broad SMARTS) is 1. The summed E-state index contributed by atoms with van der Waals surface area (Å²) in [6.07, 6.45) is 5.12. The molecule has 1 aliphatic heterocycles. The lowest BCUT2D eigenvalue weighted by molar-refractivity contribution is -0.138. The van der Waals surface area contributed by atoms with Crippen molar-refractivity contribution in [2.45, 2.75) is 44.5 Å². The number of fused-ring (bicyclic) bond motifs is 1. The molecule has 0 fully saturated rings. The Balaban J connectivity index is 1.49. The number of amides is 1. The lowest BCUT2D eigenvalue weighted by Gasteiger charge is -2.23. The Labute approximate surface area is 237 Å². The van der Waals surface area contributed by atoms with Crippen LogP contribution in [0.15, 0.2) is 58.5 Å². The largest absolute Gasteiger partial charge is 0.480 e. The Morgan fingerprint density at radius 2 is 1.85 bits per heavy atom. The molecule has 2 aromatic carbocycles. The van der Waals surface area contributed by atoms with Crippen LogP contribution < -0.4 is 31.4 Å². The normalized spacial score (nSPS) is 15.9. The number of sulfonamides is 1. The van der Waals surface area contributed by atoms with Crippen LogP contribution in [0.5, 0.6) is 0 Å². The highest BCUT2D eigenvalue weighted by Gasteiger charge is 2.29. The van der Waals surface area contributed by atoms with Crippen LogP contribution in [-0.2, 0) is 28.4 Å². The van der Waals surface area contributed by atoms with E-state index in [1.54, 1.807) is 49.7 Å². The molecule has 218 valence electrons. The molecule has 1 amide bonds. The topological polar surface area (TPSA) is 171 Å². The van der Waals surface area contributed by atoms with Gasteiger partial charge in [0.1, 0.15) is 17.9 Å². The van der Waals surface area contributed by atoms with E-state index in [0.29, 0.717) is 28.6 Å². The van der Waals surface area contributed by atoms with Crippen molar-refractivity contribution in [1.29, 1.82) is 0 Å². The fraction of sp³-hybridized carbons (Fsp3) is 0.321. The van der Waals surface area contributed by atoms with Crippen LogP contribution in [0.3, 0.4) is 0 Å². The number of benzene rings is 2. The van der Waals surface area contributed by atoms with E-state index >= 15 is 0 Å². The van der Waals surface area contributed by atoms with Crippen molar-refractivity contribution in [3.05, 3.63) is 86.8 Å². The molecule has 0 radical (unpaired) electrons. The monoisotopic (exact) mass is 582 g/mol. The molecule has 0 saturated carbocycles. The molecule has 2 unspecified atom stereocenters. The second-order valence-electron chi connectivity index (χ2n) is 10.1. The summed E-state index contributed by atoms with van der Waals surface area (Å²) in [5, 5.41) is 22.1. The number of hydrogen-bond donors (Lipinski definition) is 6. The number of aryl methyl sites for hydroxylation is 4. The van der Waals surface area contributed by atoms with E-state index in [1.165, 1.54) is 6.20 Å². The number of aromatic nitrogens is 1. The zero-order valence-corrected chi connectivity index (χ0v) is 24.1. The van der Waals surface area contributed by atoms with Crippen molar-refractivity contribution < 1.29 is 23.1 Å². The SMILES string of the molecule is Cc1cc(C)c(S(=O)(=O)NC(CNC(=O)c2cn(C)c3cc(CNC4NC=CCN4)ccc3c2=O)C(=O)O)c(C)c1. The fourth-order valence-corrected chi connectivity index (χ4v) is 6.57. The molecule has 0 aliphatic carbocycles. The van der Waals surface area contributed by atoms with Gasteiger partial charge < -0.3 is 20.3 Å². The first-order valence-electron chi connectivity index (χ1n) is 13.0. The van der Waals surface area contributed by atoms with E-state index < -0.39 is 39.9 Å². The first kappa shape index (κ1) is 29.9. The van der Waals surface area contributed by atoms with Crippen LogP contribution in [0, 0.1) is 20.8 Å². The molecule has 6 N–H and O–H groups in total. The zero-order valence-electron chi connectivity index (χ0n) is 23.2. The van der Waals surface area contributed by atoms with Crippen LogP contribution >= 0.6 is 0 Å². The van der Waals surface area contributed by atoms with Crippen molar-refractivity contribution in [3.63, 3.8) is 0 Å². The summed E-state index contributed by atoms with van der Waals surface area (Å²) in [6.45, 7) is 5.79. The van der Waals surface area contributed by atoms with Gasteiger partial charge in [-0.05, 0) is 55.8 Å². The van der Waals surface area contributed by atoms with Gasteiger partial charge in [-0.3, -0.25) is 25.0 Å². The van der Waals surface area contributed by atoms with Crippen molar-refractivity contribution in [1.82, 2.24) is 30.6 Å². The quantitative estimate of drug-likeness (QED) is 0.201. The maximum Gasteiger partial charge on any atom is 0.323 e.